The van der Waals surface area contributed by atoms with Crippen LogP contribution in [0.25, 0.3) is 0 Å². The summed E-state index contributed by atoms with van der Waals surface area (Å²) in [5.74, 6) is -4.78. The summed E-state index contributed by atoms with van der Waals surface area (Å²) >= 11 is 0. The number of Topliss-reactive ketones (excluding diaryl/α,β-unsaturated/α-hetero) is 3. The molecule has 7 unspecified atom stereocenters. The van der Waals surface area contributed by atoms with Gasteiger partial charge in [0.15, 0.2) is 17.3 Å². The largest absolute Gasteiger partial charge is 0.335 e. The molecule has 0 spiro atoms. The van der Waals surface area contributed by atoms with Crippen molar-refractivity contribution in [3.63, 3.8) is 0 Å². The molecule has 9 heteroatoms. The average molecular weight is 648 g/mol. The van der Waals surface area contributed by atoms with Crippen LogP contribution in [-0.2, 0) is 28.8 Å². The number of carbonyl (C=O) groups is 6. The number of hydrogen-bond donors (Lipinski definition) is 0. The highest BCUT2D eigenvalue weighted by Crippen LogP contribution is 2.31. The van der Waals surface area contributed by atoms with E-state index in [0.29, 0.717) is 6.42 Å². The molecule has 1 aliphatic rings. The van der Waals surface area contributed by atoms with E-state index < -0.39 is 35.9 Å². The van der Waals surface area contributed by atoms with Crippen molar-refractivity contribution in [1.82, 2.24) is 14.7 Å². The van der Waals surface area contributed by atoms with Crippen molar-refractivity contribution in [1.29, 1.82) is 0 Å². The molecule has 9 nitrogen and oxygen atoms in total. The Labute approximate surface area is 279 Å². The number of carbonyl (C=O) groups excluding carboxylic acids is 6. The van der Waals surface area contributed by atoms with Gasteiger partial charge in [0.05, 0.1) is 18.1 Å². The van der Waals surface area contributed by atoms with Gasteiger partial charge in [0, 0.05) is 58.2 Å². The van der Waals surface area contributed by atoms with Crippen LogP contribution >= 0.6 is 0 Å². The molecule has 0 saturated carbocycles. The fourth-order valence-corrected chi connectivity index (χ4v) is 7.24. The van der Waals surface area contributed by atoms with E-state index in [1.807, 2.05) is 83.1 Å². The van der Waals surface area contributed by atoms with Gasteiger partial charge in [0.1, 0.15) is 0 Å². The van der Waals surface area contributed by atoms with E-state index in [4.69, 9.17) is 0 Å². The first-order valence-corrected chi connectivity index (χ1v) is 17.5. The van der Waals surface area contributed by atoms with Gasteiger partial charge >= 0.3 is 0 Å². The molecule has 0 bridgehead atoms. The summed E-state index contributed by atoms with van der Waals surface area (Å²) in [4.78, 5) is 89.1. The number of ketones is 3. The van der Waals surface area contributed by atoms with Crippen LogP contribution in [0.5, 0.6) is 0 Å². The molecule has 0 aromatic heterocycles. The van der Waals surface area contributed by atoms with E-state index in [1.54, 1.807) is 21.1 Å². The zero-order valence-corrected chi connectivity index (χ0v) is 31.5. The van der Waals surface area contributed by atoms with Gasteiger partial charge in [0.2, 0.25) is 17.7 Å². The van der Waals surface area contributed by atoms with Crippen molar-refractivity contribution in [2.45, 2.75) is 127 Å². The molecular formula is C37H65N3O6. The van der Waals surface area contributed by atoms with E-state index in [-0.39, 0.29) is 89.8 Å². The number of rotatable bonds is 7. The number of nitrogens with zero attached hydrogens (tertiary/aromatic N) is 3. The summed E-state index contributed by atoms with van der Waals surface area (Å²) in [6.45, 7) is 22.8. The number of hydrogen-bond acceptors (Lipinski definition) is 6. The molecule has 0 aromatic rings. The van der Waals surface area contributed by atoms with E-state index >= 15 is 0 Å². The van der Waals surface area contributed by atoms with E-state index in [2.05, 4.69) is 0 Å². The minimum absolute atomic E-state index is 0.0644. The van der Waals surface area contributed by atoms with Gasteiger partial charge in [-0.1, -0.05) is 89.5 Å². The summed E-state index contributed by atoms with van der Waals surface area (Å²) in [6.07, 6.45) is 0.439. The van der Waals surface area contributed by atoms with Gasteiger partial charge in [-0.2, -0.15) is 0 Å². The van der Waals surface area contributed by atoms with Crippen molar-refractivity contribution < 1.29 is 28.8 Å². The van der Waals surface area contributed by atoms with Crippen LogP contribution < -0.4 is 0 Å². The maximum atomic E-state index is 14.2. The smallest absolute Gasteiger partial charge is 0.226 e. The molecule has 0 aliphatic carbocycles. The molecule has 0 aromatic carbocycles. The van der Waals surface area contributed by atoms with Gasteiger partial charge in [0.25, 0.3) is 0 Å². The third kappa shape index (κ3) is 9.72. The van der Waals surface area contributed by atoms with Gasteiger partial charge in [-0.3, -0.25) is 28.8 Å². The van der Waals surface area contributed by atoms with E-state index in [9.17, 15) is 28.8 Å². The Balaban J connectivity index is 3.97. The summed E-state index contributed by atoms with van der Waals surface area (Å²) in [6, 6.07) is -2.34. The Bertz CT molecular complexity index is 1080. The summed E-state index contributed by atoms with van der Waals surface area (Å²) in [7, 11) is 4.86. The summed E-state index contributed by atoms with van der Waals surface area (Å²) in [5, 5.41) is 0. The fraction of sp³-hybridized carbons (Fsp3) is 0.838. The Hall–Kier alpha value is -2.58. The van der Waals surface area contributed by atoms with Crippen molar-refractivity contribution in [2.24, 2.45) is 53.3 Å². The van der Waals surface area contributed by atoms with Crippen LogP contribution in [0, 0.1) is 53.3 Å². The van der Waals surface area contributed by atoms with Crippen molar-refractivity contribution in [3.8, 4) is 0 Å². The second-order valence-electron chi connectivity index (χ2n) is 15.6. The average Bonchev–Trinajstić information content (AvgIpc) is 2.94. The Morgan fingerprint density at radius 3 is 0.913 bits per heavy atom. The Kier molecular flexibility index (Phi) is 15.8. The minimum Gasteiger partial charge on any atom is -0.335 e. The molecule has 7 atom stereocenters. The van der Waals surface area contributed by atoms with E-state index in [1.165, 1.54) is 14.7 Å². The predicted molar refractivity (Wildman–Crippen MR) is 183 cm³/mol. The highest BCUT2D eigenvalue weighted by molar-refractivity contribution is 5.98. The van der Waals surface area contributed by atoms with Crippen molar-refractivity contribution in [2.75, 3.05) is 21.1 Å². The maximum absolute atomic E-state index is 14.2. The lowest BCUT2D eigenvalue weighted by Gasteiger charge is -2.39. The molecule has 0 N–H and O–H groups in total. The highest BCUT2D eigenvalue weighted by Gasteiger charge is 2.43. The first kappa shape index (κ1) is 41.4. The SMILES string of the molecule is CCC(C)C1C(=O)CC(C(C)C)C(=O)N(C)C(C(C)C)C(=O)CC(C(C)C)C(=O)N(C)C(C(C)C)C(=O)CC(C(C)C)C(=O)N1C. The molecule has 1 saturated heterocycles. The predicted octanol–water partition coefficient (Wildman–Crippen LogP) is 5.53. The number of amides is 3. The van der Waals surface area contributed by atoms with Crippen LogP contribution in [-0.4, -0.2) is 89.0 Å². The van der Waals surface area contributed by atoms with Crippen molar-refractivity contribution in [3.05, 3.63) is 0 Å². The monoisotopic (exact) mass is 647 g/mol. The molecule has 1 fully saturated rings. The van der Waals surface area contributed by atoms with Crippen molar-refractivity contribution >= 4 is 35.1 Å². The first-order valence-electron chi connectivity index (χ1n) is 17.5. The summed E-state index contributed by atoms with van der Waals surface area (Å²) in [5.41, 5.74) is 0. The Morgan fingerprint density at radius 2 is 0.696 bits per heavy atom. The molecule has 1 rings (SSSR count). The summed E-state index contributed by atoms with van der Waals surface area (Å²) < 4.78 is 0. The molecule has 264 valence electrons. The number of likely N-dealkylation sites (N-methyl/N-ethyl adjacent to an activating group) is 3. The lowest BCUT2D eigenvalue weighted by molar-refractivity contribution is -0.151. The van der Waals surface area contributed by atoms with Gasteiger partial charge in [-0.05, 0) is 35.5 Å². The molecular weight excluding hydrogens is 582 g/mol. The Morgan fingerprint density at radius 1 is 0.457 bits per heavy atom. The zero-order valence-electron chi connectivity index (χ0n) is 31.5. The second kappa shape index (κ2) is 17.5. The zero-order chi connectivity index (χ0) is 36.0. The minimum atomic E-state index is -0.786. The maximum Gasteiger partial charge on any atom is 0.226 e. The van der Waals surface area contributed by atoms with Gasteiger partial charge < -0.3 is 14.7 Å². The van der Waals surface area contributed by atoms with E-state index in [0.717, 1.165) is 0 Å². The quantitative estimate of drug-likeness (QED) is 0.359. The molecule has 46 heavy (non-hydrogen) atoms. The topological polar surface area (TPSA) is 112 Å². The second-order valence-corrected chi connectivity index (χ2v) is 15.6. The fourth-order valence-electron chi connectivity index (χ4n) is 7.24. The standard InChI is InChI=1S/C37H65N3O6/c1-16-25(12)34-31(43)19-28(22(6)7)36(45)39(14)32(23(8)9)29(41)17-26(20(2)3)35(44)38(13)33(24(10)11)30(42)18-27(21(4)5)37(46)40(34)15/h20-28,32-34H,16-19H2,1-15H3. The third-order valence-electron chi connectivity index (χ3n) is 10.4. The lowest BCUT2D eigenvalue weighted by atomic mass is 9.80. The highest BCUT2D eigenvalue weighted by atomic mass is 16.2. The van der Waals surface area contributed by atoms with Crippen LogP contribution in [0.4, 0.5) is 0 Å². The molecule has 3 amide bonds. The normalized spacial score (nSPS) is 28.3. The molecule has 1 aliphatic heterocycles. The third-order valence-corrected chi connectivity index (χ3v) is 10.4. The van der Waals surface area contributed by atoms with Gasteiger partial charge in [-0.25, -0.2) is 0 Å². The molecule has 0 radical (unpaired) electrons. The van der Waals surface area contributed by atoms with Crippen LogP contribution in [0.3, 0.4) is 0 Å². The van der Waals surface area contributed by atoms with Crippen LogP contribution in [0.1, 0.15) is 109 Å². The lowest BCUT2D eigenvalue weighted by Crippen LogP contribution is -2.54. The van der Waals surface area contributed by atoms with Gasteiger partial charge in [-0.15, -0.1) is 0 Å². The first-order chi connectivity index (χ1) is 21.1. The van der Waals surface area contributed by atoms with Crippen LogP contribution in [0.15, 0.2) is 0 Å². The molecule has 1 heterocycles. The van der Waals surface area contributed by atoms with Crippen LogP contribution in [0.2, 0.25) is 0 Å².